The summed E-state index contributed by atoms with van der Waals surface area (Å²) in [5, 5.41) is 2.74. The number of hydrogen-bond donors (Lipinski definition) is 1. The topological polar surface area (TPSA) is 64.6 Å². The first kappa shape index (κ1) is 17.5. The Bertz CT molecular complexity index is 502. The van der Waals surface area contributed by atoms with Gasteiger partial charge in [-0.2, -0.15) is 0 Å². The molecule has 0 aromatic carbocycles. The van der Waals surface area contributed by atoms with E-state index in [4.69, 9.17) is 4.74 Å². The molecule has 0 atom stereocenters. The highest BCUT2D eigenvalue weighted by molar-refractivity contribution is 9.13. The van der Waals surface area contributed by atoms with Crippen molar-refractivity contribution >= 4 is 55.1 Å². The van der Waals surface area contributed by atoms with Crippen LogP contribution in [0.15, 0.2) is 8.26 Å². The van der Waals surface area contributed by atoms with Gasteiger partial charge in [0.15, 0.2) is 17.2 Å². The maximum atomic E-state index is 11.6. The molecule has 0 saturated carbocycles. The van der Waals surface area contributed by atoms with Crippen LogP contribution in [-0.2, 0) is 9.53 Å². The van der Waals surface area contributed by atoms with E-state index in [2.05, 4.69) is 41.9 Å². The summed E-state index contributed by atoms with van der Waals surface area (Å²) in [5.74, 6) is -0.0530. The lowest BCUT2D eigenvalue weighted by Crippen LogP contribution is -2.31. The van der Waals surface area contributed by atoms with Gasteiger partial charge in [0.05, 0.1) is 15.4 Å². The van der Waals surface area contributed by atoms with Crippen LogP contribution in [0.25, 0.3) is 0 Å². The third-order valence-electron chi connectivity index (χ3n) is 2.20. The number of carbonyl (C=O) groups excluding carboxylic acids is 2. The monoisotopic (exact) mass is 427 g/mol. The Balaban J connectivity index is 2.72. The first-order valence-electron chi connectivity index (χ1n) is 5.82. The summed E-state index contributed by atoms with van der Waals surface area (Å²) in [4.78, 5) is 23.5. The largest absolute Gasteiger partial charge is 0.481 e. The van der Waals surface area contributed by atoms with E-state index in [1.54, 1.807) is 0 Å². The molecule has 1 aromatic heterocycles. The normalized spacial score (nSPS) is 10.5. The molecule has 20 heavy (non-hydrogen) atoms. The summed E-state index contributed by atoms with van der Waals surface area (Å²) in [6.45, 7) is 4.44. The van der Waals surface area contributed by atoms with Crippen molar-refractivity contribution in [2.75, 3.05) is 20.3 Å². The molecule has 0 aliphatic heterocycles. The number of carbonyl (C=O) groups is 2. The highest BCUT2D eigenvalue weighted by Gasteiger charge is 2.23. The minimum atomic E-state index is -0.501. The summed E-state index contributed by atoms with van der Waals surface area (Å²) in [6.07, 6.45) is 0. The quantitative estimate of drug-likeness (QED) is 0.706. The van der Waals surface area contributed by atoms with E-state index in [1.165, 1.54) is 18.4 Å². The van der Waals surface area contributed by atoms with Crippen molar-refractivity contribution < 1.29 is 19.1 Å². The maximum absolute atomic E-state index is 11.6. The number of thiophene rings is 1. The maximum Gasteiger partial charge on any atom is 0.351 e. The fourth-order valence-electron chi connectivity index (χ4n) is 1.23. The fraction of sp³-hybridized carbons (Fsp3) is 0.500. The molecular formula is C12H15Br2NO4S. The van der Waals surface area contributed by atoms with Crippen molar-refractivity contribution in [2.45, 2.75) is 13.8 Å². The average molecular weight is 429 g/mol. The minimum absolute atomic E-state index is 0.154. The number of amides is 1. The van der Waals surface area contributed by atoms with E-state index in [1.807, 2.05) is 13.8 Å². The molecule has 112 valence electrons. The SMILES string of the molecule is COC(=O)c1sc(Br)c(Br)c1OCC(=O)NCC(C)C. The van der Waals surface area contributed by atoms with Gasteiger partial charge in [-0.3, -0.25) is 4.79 Å². The van der Waals surface area contributed by atoms with Crippen LogP contribution < -0.4 is 10.1 Å². The molecular weight excluding hydrogens is 414 g/mol. The molecule has 0 spiro atoms. The highest BCUT2D eigenvalue weighted by atomic mass is 79.9. The van der Waals surface area contributed by atoms with E-state index in [9.17, 15) is 9.59 Å². The van der Waals surface area contributed by atoms with Gasteiger partial charge < -0.3 is 14.8 Å². The molecule has 0 saturated heterocycles. The van der Waals surface area contributed by atoms with Crippen LogP contribution >= 0.6 is 43.2 Å². The molecule has 8 heteroatoms. The van der Waals surface area contributed by atoms with Crippen LogP contribution in [0.4, 0.5) is 0 Å². The van der Waals surface area contributed by atoms with Gasteiger partial charge in [-0.25, -0.2) is 4.79 Å². The van der Waals surface area contributed by atoms with Crippen LogP contribution in [0.1, 0.15) is 23.5 Å². The van der Waals surface area contributed by atoms with E-state index in [0.717, 1.165) is 0 Å². The second kappa shape index (κ2) is 7.99. The van der Waals surface area contributed by atoms with Gasteiger partial charge in [-0.1, -0.05) is 13.8 Å². The molecule has 1 heterocycles. The van der Waals surface area contributed by atoms with Crippen LogP contribution in [0.3, 0.4) is 0 Å². The van der Waals surface area contributed by atoms with Crippen molar-refractivity contribution in [3.8, 4) is 5.75 Å². The molecule has 1 aromatic rings. The summed E-state index contributed by atoms with van der Waals surface area (Å²) in [7, 11) is 1.29. The van der Waals surface area contributed by atoms with E-state index < -0.39 is 5.97 Å². The van der Waals surface area contributed by atoms with Crippen molar-refractivity contribution in [2.24, 2.45) is 5.92 Å². The smallest absolute Gasteiger partial charge is 0.351 e. The Hall–Kier alpha value is -0.600. The standard InChI is InChI=1S/C12H15Br2NO4S/c1-6(2)4-15-7(16)5-19-9-8(13)11(14)20-10(9)12(17)18-3/h6H,4-5H2,1-3H3,(H,15,16). The molecule has 0 aliphatic rings. The minimum Gasteiger partial charge on any atom is -0.481 e. The molecule has 1 rings (SSSR count). The first-order valence-corrected chi connectivity index (χ1v) is 8.22. The van der Waals surface area contributed by atoms with Crippen LogP contribution in [0.2, 0.25) is 0 Å². The lowest BCUT2D eigenvalue weighted by Gasteiger charge is -2.09. The second-order valence-corrected chi connectivity index (χ2v) is 7.46. The molecule has 0 fully saturated rings. The van der Waals surface area contributed by atoms with Crippen molar-refractivity contribution in [3.63, 3.8) is 0 Å². The van der Waals surface area contributed by atoms with Gasteiger partial charge in [0.1, 0.15) is 0 Å². The van der Waals surface area contributed by atoms with Gasteiger partial charge in [-0.05, 0) is 37.8 Å². The van der Waals surface area contributed by atoms with Gasteiger partial charge in [0, 0.05) is 6.54 Å². The number of methoxy groups -OCH3 is 1. The first-order chi connectivity index (χ1) is 9.36. The Morgan fingerprint density at radius 2 is 2.00 bits per heavy atom. The third-order valence-corrected chi connectivity index (χ3v) is 5.57. The zero-order chi connectivity index (χ0) is 15.3. The van der Waals surface area contributed by atoms with Crippen LogP contribution in [-0.4, -0.2) is 32.1 Å². The molecule has 5 nitrogen and oxygen atoms in total. The van der Waals surface area contributed by atoms with Gasteiger partial charge in [0.25, 0.3) is 5.91 Å². The second-order valence-electron chi connectivity index (χ2n) is 4.33. The Morgan fingerprint density at radius 3 is 2.55 bits per heavy atom. The van der Waals surface area contributed by atoms with E-state index in [0.29, 0.717) is 31.3 Å². The highest BCUT2D eigenvalue weighted by Crippen LogP contribution is 2.43. The van der Waals surface area contributed by atoms with Gasteiger partial charge >= 0.3 is 5.97 Å². The molecule has 0 aliphatic carbocycles. The molecule has 1 N–H and O–H groups in total. The summed E-state index contributed by atoms with van der Waals surface area (Å²) in [6, 6.07) is 0. The molecule has 1 amide bonds. The van der Waals surface area contributed by atoms with Crippen molar-refractivity contribution in [1.29, 1.82) is 0 Å². The predicted molar refractivity (Wildman–Crippen MR) is 84.4 cm³/mol. The molecule has 0 radical (unpaired) electrons. The zero-order valence-electron chi connectivity index (χ0n) is 11.3. The third kappa shape index (κ3) is 4.75. The van der Waals surface area contributed by atoms with Crippen LogP contribution in [0, 0.1) is 5.92 Å². The number of esters is 1. The molecule has 0 bridgehead atoms. The number of halogens is 2. The van der Waals surface area contributed by atoms with Crippen molar-refractivity contribution in [1.82, 2.24) is 5.32 Å². The van der Waals surface area contributed by atoms with E-state index >= 15 is 0 Å². The zero-order valence-corrected chi connectivity index (χ0v) is 15.3. The number of hydrogen-bond acceptors (Lipinski definition) is 5. The Morgan fingerprint density at radius 1 is 1.35 bits per heavy atom. The summed E-state index contributed by atoms with van der Waals surface area (Å²) in [5.41, 5.74) is 0. The lowest BCUT2D eigenvalue weighted by atomic mass is 10.2. The van der Waals surface area contributed by atoms with Gasteiger partial charge in [-0.15, -0.1) is 11.3 Å². The number of ether oxygens (including phenoxy) is 2. The molecule has 0 unspecified atom stereocenters. The summed E-state index contributed by atoms with van der Waals surface area (Å²) >= 11 is 7.80. The Labute approximate surface area is 138 Å². The number of nitrogens with one attached hydrogen (secondary N) is 1. The van der Waals surface area contributed by atoms with E-state index in [-0.39, 0.29) is 12.5 Å². The van der Waals surface area contributed by atoms with Gasteiger partial charge in [0.2, 0.25) is 0 Å². The van der Waals surface area contributed by atoms with Crippen LogP contribution in [0.5, 0.6) is 5.75 Å². The fourth-order valence-corrected chi connectivity index (χ4v) is 3.37. The average Bonchev–Trinajstić information content (AvgIpc) is 2.69. The lowest BCUT2D eigenvalue weighted by molar-refractivity contribution is -0.123. The Kier molecular flexibility index (Phi) is 6.97. The van der Waals surface area contributed by atoms with Crippen molar-refractivity contribution in [3.05, 3.63) is 13.1 Å². The predicted octanol–water partition coefficient (Wildman–Crippen LogP) is 3.21. The summed E-state index contributed by atoms with van der Waals surface area (Å²) < 4.78 is 11.4. The number of rotatable bonds is 6.